The van der Waals surface area contributed by atoms with Gasteiger partial charge in [0.15, 0.2) is 0 Å². The van der Waals surface area contributed by atoms with E-state index in [0.717, 1.165) is 64.2 Å². The van der Waals surface area contributed by atoms with E-state index in [1.165, 1.54) is 15.8 Å². The molecule has 4 bridgehead atoms. The minimum absolute atomic E-state index is 0.125. The summed E-state index contributed by atoms with van der Waals surface area (Å²) in [5.41, 5.74) is 18.6. The highest BCUT2D eigenvalue weighted by Crippen LogP contribution is 2.78. The second-order valence-corrected chi connectivity index (χ2v) is 38.5. The summed E-state index contributed by atoms with van der Waals surface area (Å²) in [7, 11) is 0. The quantitative estimate of drug-likeness (QED) is 0.0487. The number of allylic oxidation sites excluding steroid dienone is 2. The summed E-state index contributed by atoms with van der Waals surface area (Å²) in [6.07, 6.45) is 16.4. The Balaban J connectivity index is 0.000000208. The van der Waals surface area contributed by atoms with Gasteiger partial charge in [-0.3, -0.25) is 9.59 Å². The average molecular weight is 1460 g/mol. The van der Waals surface area contributed by atoms with E-state index in [1.807, 2.05) is 11.6 Å². The van der Waals surface area contributed by atoms with Crippen molar-refractivity contribution in [3.05, 3.63) is 44.5 Å². The standard InChI is InChI=1S/C38H60BrN5O6.C38H63N5O4.C2H6O/c1-21(2)23(5)33(6)15-16-35(8)24-11-12-27-34(7)18-49-20-38(27,25(24)13-14-36(35,9)28(33)30(45)46)17-26(29(34)50-19-37(10,40)22(3)4)43-32(44(47)48)41-31(39)42-43;1-22(2)24(5)33(6)15-16-35(8)25-11-12-28-34(7)18-46-20-38(28,26(25)13-14-36(35,9)29(33)31(44)45)17-27(43-32(39)41-21-42-43)30(34)47-19-37(10,40)23(3)4;1-2-3/h13,21-24,26-29H,11-12,14-20,40H2,1-10H3,(H,45,46);13,21-25,27-30H,11-12,14-20,40H2,1-10H3,(H,44,45)(H2,39,41,42);3H,2H2,1H3/t23-,24+,26-,27+,28-,29+,33-,34-,35-,36+,37+,38+;24-,25+,27-,28+,29-,30+,33-,34-,35-,36+,37+,38+;/m11./s1. The molecule has 0 amide bonds. The van der Waals surface area contributed by atoms with Crippen molar-refractivity contribution in [3.8, 4) is 0 Å². The molecule has 2 saturated heterocycles. The Morgan fingerprint density at radius 1 is 0.670 bits per heavy atom. The number of aliphatic hydroxyl groups is 1. The molecule has 0 radical (unpaired) electrons. The number of nitrogens with zero attached hydrogens (tertiary/aromatic N) is 7. The summed E-state index contributed by atoms with van der Waals surface area (Å²) in [5.74, 6) is 0.712. The van der Waals surface area contributed by atoms with Crippen molar-refractivity contribution in [1.82, 2.24) is 29.5 Å². The van der Waals surface area contributed by atoms with Crippen molar-refractivity contribution < 1.29 is 48.8 Å². The van der Waals surface area contributed by atoms with E-state index in [0.29, 0.717) is 81.4 Å². The number of nitrogens with two attached hydrogens (primary N) is 3. The van der Waals surface area contributed by atoms with E-state index >= 15 is 0 Å². The summed E-state index contributed by atoms with van der Waals surface area (Å²) in [5, 5.41) is 51.3. The first-order chi connectivity index (χ1) is 46.3. The Bertz CT molecular complexity index is 3420. The van der Waals surface area contributed by atoms with Crippen molar-refractivity contribution in [3.63, 3.8) is 0 Å². The van der Waals surface area contributed by atoms with Gasteiger partial charge in [0.05, 0.1) is 63.6 Å². The van der Waals surface area contributed by atoms with Crippen molar-refractivity contribution in [2.75, 3.05) is 52.0 Å². The number of halogens is 1. The van der Waals surface area contributed by atoms with Crippen LogP contribution in [0.15, 0.2) is 34.4 Å². The summed E-state index contributed by atoms with van der Waals surface area (Å²) in [6, 6.07) is -0.615. The van der Waals surface area contributed by atoms with E-state index in [9.17, 15) is 29.9 Å². The van der Waals surface area contributed by atoms with Gasteiger partial charge in [-0.25, -0.2) is 9.67 Å². The number of hydrogen-bond donors (Lipinski definition) is 6. The maximum Gasteiger partial charge on any atom is 0.457 e. The first kappa shape index (κ1) is 78.7. The van der Waals surface area contributed by atoms with Crippen LogP contribution in [0.3, 0.4) is 0 Å². The van der Waals surface area contributed by atoms with Crippen molar-refractivity contribution in [1.29, 1.82) is 0 Å². The van der Waals surface area contributed by atoms with Crippen LogP contribution in [0, 0.1) is 135 Å². The molecule has 8 aliphatic carbocycles. The zero-order chi connectivity index (χ0) is 74.2. The third-order valence-electron chi connectivity index (χ3n) is 31.9. The molecule has 9 N–H and O–H groups in total. The zero-order valence-corrected chi connectivity index (χ0v) is 66.3. The summed E-state index contributed by atoms with van der Waals surface area (Å²) < 4.78 is 30.7. The number of carboxylic acids is 2. The maximum absolute atomic E-state index is 13.5. The lowest BCUT2D eigenvalue weighted by atomic mass is 9.34. The number of aromatic nitrogens is 6. The Morgan fingerprint density at radius 2 is 1.06 bits per heavy atom. The monoisotopic (exact) mass is 1460 g/mol. The molecule has 564 valence electrons. The van der Waals surface area contributed by atoms with E-state index < -0.39 is 68.2 Å². The average Bonchev–Trinajstić information content (AvgIpc) is 0.705. The molecule has 0 aromatic carbocycles. The molecular weight excluding hydrogens is 1330 g/mol. The number of aliphatic hydroxyl groups excluding tert-OH is 1. The van der Waals surface area contributed by atoms with Crippen molar-refractivity contribution >= 4 is 39.8 Å². The topological polar surface area (TPSA) is 314 Å². The van der Waals surface area contributed by atoms with Crippen LogP contribution >= 0.6 is 15.9 Å². The molecule has 21 nitrogen and oxygen atoms in total. The summed E-state index contributed by atoms with van der Waals surface area (Å²) in [4.78, 5) is 47.4. The molecule has 2 aromatic rings. The van der Waals surface area contributed by atoms with Crippen LogP contribution in [0.4, 0.5) is 11.9 Å². The molecule has 0 unspecified atom stereocenters. The number of fused-ring (bicyclic) bond motifs is 6. The van der Waals surface area contributed by atoms with E-state index in [-0.39, 0.29) is 104 Å². The molecule has 10 aliphatic rings. The largest absolute Gasteiger partial charge is 0.481 e. The van der Waals surface area contributed by atoms with Gasteiger partial charge in [0.1, 0.15) is 18.5 Å². The number of nitro groups is 1. The van der Waals surface area contributed by atoms with Crippen LogP contribution in [-0.4, -0.2) is 131 Å². The van der Waals surface area contributed by atoms with Gasteiger partial charge in [-0.2, -0.15) is 5.10 Å². The Morgan fingerprint density at radius 3 is 1.40 bits per heavy atom. The molecule has 2 aliphatic heterocycles. The highest BCUT2D eigenvalue weighted by molar-refractivity contribution is 9.10. The van der Waals surface area contributed by atoms with Crippen LogP contribution in [0.25, 0.3) is 0 Å². The number of carboxylic acid groups (broad SMARTS) is 2. The van der Waals surface area contributed by atoms with E-state index in [4.69, 9.17) is 41.3 Å². The number of hydrogen-bond acceptors (Lipinski definition) is 16. The van der Waals surface area contributed by atoms with E-state index in [1.54, 1.807) is 13.3 Å². The minimum atomic E-state index is -0.680. The second-order valence-electron chi connectivity index (χ2n) is 37.8. The SMILES string of the molecule is CC(C)[C@@H](C)[C@@]1(C)CC[C@]2(C)[C@H]3CC[C@@H]4[C@@]5(COC[C@@]4(C)[C@@H](OC[C@](C)(N)C(C)C)[C@H](n4nc(Br)nc4[N+](=O)[O-])C5)C3=CC[C@@]2(C)[C@@H]1C(=O)O.CC(C)[C@@H](C)[C@@]1(C)CC[C@]2(C)[C@H]3CC[C@@H]4[C@@]5(COC[C@@]4(C)[C@@H](OC[C@](C)(N)C(C)C)[C@H](n4ncnc4N)C5)C3=CC[C@@]2(C)[C@@H]1C(=O)O.CCO. The minimum Gasteiger partial charge on any atom is -0.481 e. The van der Waals surface area contributed by atoms with Gasteiger partial charge in [-0.05, 0) is 199 Å². The van der Waals surface area contributed by atoms with Gasteiger partial charge < -0.3 is 61.6 Å². The third kappa shape index (κ3) is 11.9. The fraction of sp³-hybridized carbons (Fsp3) is 0.872. The number of nitrogen functional groups attached to an aromatic ring is 1. The van der Waals surface area contributed by atoms with Crippen LogP contribution in [0.5, 0.6) is 0 Å². The van der Waals surface area contributed by atoms with Gasteiger partial charge in [-0.1, -0.05) is 153 Å². The fourth-order valence-electron chi connectivity index (χ4n) is 24.3. The molecule has 8 fully saturated rings. The highest BCUT2D eigenvalue weighted by atomic mass is 79.9. The molecule has 0 spiro atoms. The summed E-state index contributed by atoms with van der Waals surface area (Å²) >= 11 is 3.33. The molecule has 12 rings (SSSR count). The molecular formula is C78H129BrN10O11. The Labute approximate surface area is 605 Å². The normalized spacial score (nSPS) is 42.8. The Kier molecular flexibility index (Phi) is 21.4. The zero-order valence-electron chi connectivity index (χ0n) is 64.8. The highest BCUT2D eigenvalue weighted by Gasteiger charge is 2.75. The second kappa shape index (κ2) is 27.2. The molecule has 4 heterocycles. The molecule has 22 heteroatoms. The van der Waals surface area contributed by atoms with Crippen molar-refractivity contribution in [2.45, 2.75) is 258 Å². The fourth-order valence-corrected chi connectivity index (χ4v) is 24.6. The molecule has 2 aromatic heterocycles. The van der Waals surface area contributed by atoms with Crippen molar-refractivity contribution in [2.24, 2.45) is 137 Å². The third-order valence-corrected chi connectivity index (χ3v) is 32.3. The van der Waals surface area contributed by atoms with Gasteiger partial charge in [0, 0.05) is 55.3 Å². The van der Waals surface area contributed by atoms with E-state index in [2.05, 4.69) is 180 Å². The first-order valence-corrected chi connectivity index (χ1v) is 39.0. The van der Waals surface area contributed by atoms with Crippen LogP contribution in [0.1, 0.15) is 235 Å². The van der Waals surface area contributed by atoms with Gasteiger partial charge >= 0.3 is 22.6 Å². The number of rotatable bonds is 17. The molecule has 100 heavy (non-hydrogen) atoms. The lowest BCUT2D eigenvalue weighted by Gasteiger charge is -2.71. The predicted molar refractivity (Wildman–Crippen MR) is 391 cm³/mol. The first-order valence-electron chi connectivity index (χ1n) is 38.2. The molecule has 6 saturated carbocycles. The van der Waals surface area contributed by atoms with Crippen LogP contribution < -0.4 is 17.2 Å². The summed E-state index contributed by atoms with van der Waals surface area (Å²) in [6.45, 7) is 49.4. The van der Waals surface area contributed by atoms with Gasteiger partial charge in [0.2, 0.25) is 5.95 Å². The molecule has 24 atom stereocenters. The van der Waals surface area contributed by atoms with Gasteiger partial charge in [0.25, 0.3) is 0 Å². The van der Waals surface area contributed by atoms with Crippen LogP contribution in [-0.2, 0) is 28.5 Å². The predicted octanol–water partition coefficient (Wildman–Crippen LogP) is 14.6. The van der Waals surface area contributed by atoms with Gasteiger partial charge in [-0.15, -0.1) is 4.68 Å². The smallest absolute Gasteiger partial charge is 0.457 e. The maximum atomic E-state index is 13.5. The Hall–Kier alpha value is -3.90. The van der Waals surface area contributed by atoms with Crippen LogP contribution in [0.2, 0.25) is 0 Å². The number of ether oxygens (including phenoxy) is 4. The number of carbonyl (C=O) groups is 2. The number of anilines is 1. The number of aliphatic carboxylic acids is 2. The lowest BCUT2D eigenvalue weighted by Crippen LogP contribution is -2.69. The lowest BCUT2D eigenvalue weighted by molar-refractivity contribution is -0.399.